The van der Waals surface area contributed by atoms with Gasteiger partial charge < -0.3 is 4.74 Å². The fraction of sp³-hybridized carbons (Fsp3) is 0.111. The number of methoxy groups -OCH3 is 1. The second-order valence-corrected chi connectivity index (χ2v) is 3.71. The molecule has 1 aromatic heterocycles. The number of ether oxygens (including phenoxy) is 1. The van der Waals surface area contributed by atoms with E-state index in [9.17, 15) is 0 Å². The summed E-state index contributed by atoms with van der Waals surface area (Å²) in [6.45, 7) is 0. The summed E-state index contributed by atoms with van der Waals surface area (Å²) in [5.41, 5.74) is 0.710. The Bertz CT molecular complexity index is 489. The monoisotopic (exact) mass is 272 g/mol. The first-order valence-electron chi connectivity index (χ1n) is 3.88. The highest BCUT2D eigenvalue weighted by Crippen LogP contribution is 2.28. The smallest absolute Gasteiger partial charge is 0.198 e. The van der Waals surface area contributed by atoms with Crippen LogP contribution >= 0.6 is 27.5 Å². The van der Waals surface area contributed by atoms with Crippen LogP contribution in [0.3, 0.4) is 0 Å². The molecule has 0 fully saturated rings. The molecule has 0 saturated carbocycles. The molecule has 0 amide bonds. The van der Waals surface area contributed by atoms with Crippen molar-refractivity contribution < 1.29 is 4.74 Å². The van der Waals surface area contributed by atoms with E-state index in [0.717, 1.165) is 5.39 Å². The fourth-order valence-electron chi connectivity index (χ4n) is 1.23. The van der Waals surface area contributed by atoms with Gasteiger partial charge in [0.05, 0.1) is 7.11 Å². The standard InChI is InChI=1S/C9H6BrClN2O/c1-14-6-4-2-3-5-7(6)12-9(10)13-8(5)11/h2-4H,1H3. The van der Waals surface area contributed by atoms with Gasteiger partial charge in [0.1, 0.15) is 16.4 Å². The van der Waals surface area contributed by atoms with Crippen LogP contribution in [0.4, 0.5) is 0 Å². The molecule has 1 heterocycles. The van der Waals surface area contributed by atoms with E-state index in [1.165, 1.54) is 0 Å². The van der Waals surface area contributed by atoms with E-state index in [1.54, 1.807) is 7.11 Å². The highest BCUT2D eigenvalue weighted by atomic mass is 79.9. The second kappa shape index (κ2) is 3.71. The Balaban J connectivity index is 2.86. The zero-order valence-corrected chi connectivity index (χ0v) is 9.63. The number of hydrogen-bond donors (Lipinski definition) is 0. The number of benzene rings is 1. The molecule has 72 valence electrons. The summed E-state index contributed by atoms with van der Waals surface area (Å²) in [4.78, 5) is 8.20. The van der Waals surface area contributed by atoms with E-state index < -0.39 is 0 Å². The number of fused-ring (bicyclic) bond motifs is 1. The Morgan fingerprint density at radius 3 is 2.86 bits per heavy atom. The molecule has 3 nitrogen and oxygen atoms in total. The average Bonchev–Trinajstić information content (AvgIpc) is 2.17. The van der Waals surface area contributed by atoms with Crippen LogP contribution < -0.4 is 4.74 Å². The lowest BCUT2D eigenvalue weighted by molar-refractivity contribution is 0.419. The predicted octanol–water partition coefficient (Wildman–Crippen LogP) is 3.05. The molecule has 0 unspecified atom stereocenters. The van der Waals surface area contributed by atoms with Gasteiger partial charge in [-0.15, -0.1) is 0 Å². The SMILES string of the molecule is COc1cccc2c(Cl)nc(Br)nc12. The number of nitrogens with zero attached hydrogens (tertiary/aromatic N) is 2. The summed E-state index contributed by atoms with van der Waals surface area (Å²) in [6, 6.07) is 5.54. The van der Waals surface area contributed by atoms with Crippen molar-refractivity contribution in [2.24, 2.45) is 0 Å². The first kappa shape index (κ1) is 9.68. The normalized spacial score (nSPS) is 10.5. The van der Waals surface area contributed by atoms with Gasteiger partial charge in [-0.05, 0) is 28.1 Å². The third-order valence-electron chi connectivity index (χ3n) is 1.84. The van der Waals surface area contributed by atoms with Gasteiger partial charge in [0.15, 0.2) is 4.73 Å². The molecule has 0 aliphatic heterocycles. The summed E-state index contributed by atoms with van der Waals surface area (Å²) >= 11 is 9.14. The van der Waals surface area contributed by atoms with Crippen molar-refractivity contribution in [3.05, 3.63) is 28.1 Å². The molecule has 0 bridgehead atoms. The molecule has 2 rings (SSSR count). The maximum Gasteiger partial charge on any atom is 0.198 e. The molecular weight excluding hydrogens is 267 g/mol. The van der Waals surface area contributed by atoms with Crippen LogP contribution in [-0.2, 0) is 0 Å². The van der Waals surface area contributed by atoms with E-state index in [-0.39, 0.29) is 0 Å². The summed E-state index contributed by atoms with van der Waals surface area (Å²) in [7, 11) is 1.60. The van der Waals surface area contributed by atoms with E-state index in [0.29, 0.717) is 21.2 Å². The minimum absolute atomic E-state index is 0.417. The molecule has 0 atom stereocenters. The van der Waals surface area contributed by atoms with Crippen LogP contribution in [0, 0.1) is 0 Å². The molecule has 0 spiro atoms. The highest BCUT2D eigenvalue weighted by Gasteiger charge is 2.07. The Morgan fingerprint density at radius 2 is 2.14 bits per heavy atom. The van der Waals surface area contributed by atoms with Gasteiger partial charge in [-0.2, -0.15) is 0 Å². The molecule has 1 aromatic carbocycles. The van der Waals surface area contributed by atoms with Gasteiger partial charge in [0.25, 0.3) is 0 Å². The molecule has 2 aromatic rings. The van der Waals surface area contributed by atoms with E-state index in [2.05, 4.69) is 25.9 Å². The van der Waals surface area contributed by atoms with Crippen molar-refractivity contribution in [1.29, 1.82) is 0 Å². The first-order valence-corrected chi connectivity index (χ1v) is 5.05. The minimum atomic E-state index is 0.417. The number of aromatic nitrogens is 2. The van der Waals surface area contributed by atoms with Gasteiger partial charge in [-0.25, -0.2) is 9.97 Å². The van der Waals surface area contributed by atoms with Crippen molar-refractivity contribution in [2.75, 3.05) is 7.11 Å². The number of hydrogen-bond acceptors (Lipinski definition) is 3. The number of rotatable bonds is 1. The molecular formula is C9H6BrClN2O. The molecule has 14 heavy (non-hydrogen) atoms. The van der Waals surface area contributed by atoms with E-state index >= 15 is 0 Å². The Morgan fingerprint density at radius 1 is 1.36 bits per heavy atom. The van der Waals surface area contributed by atoms with Gasteiger partial charge >= 0.3 is 0 Å². The Kier molecular flexibility index (Phi) is 2.56. The van der Waals surface area contributed by atoms with Crippen LogP contribution in [0.15, 0.2) is 22.9 Å². The number of halogens is 2. The summed E-state index contributed by atoms with van der Waals surface area (Å²) in [6.07, 6.45) is 0. The Labute approximate surface area is 94.2 Å². The van der Waals surface area contributed by atoms with Crippen LogP contribution in [0.2, 0.25) is 5.15 Å². The van der Waals surface area contributed by atoms with Crippen molar-refractivity contribution in [3.63, 3.8) is 0 Å². The summed E-state index contributed by atoms with van der Waals surface area (Å²) in [5.74, 6) is 0.688. The third-order valence-corrected chi connectivity index (χ3v) is 2.48. The molecule has 0 aliphatic carbocycles. The lowest BCUT2D eigenvalue weighted by Gasteiger charge is -2.04. The van der Waals surface area contributed by atoms with Crippen LogP contribution in [0.25, 0.3) is 10.9 Å². The van der Waals surface area contributed by atoms with Crippen LogP contribution in [0.1, 0.15) is 0 Å². The molecule has 0 N–H and O–H groups in total. The highest BCUT2D eigenvalue weighted by molar-refractivity contribution is 9.10. The van der Waals surface area contributed by atoms with Gasteiger partial charge in [-0.3, -0.25) is 0 Å². The van der Waals surface area contributed by atoms with Gasteiger partial charge in [0.2, 0.25) is 0 Å². The molecule has 0 radical (unpaired) electrons. The maximum absolute atomic E-state index is 5.95. The van der Waals surface area contributed by atoms with Crippen molar-refractivity contribution in [3.8, 4) is 5.75 Å². The third kappa shape index (κ3) is 1.55. The zero-order chi connectivity index (χ0) is 10.1. The first-order chi connectivity index (χ1) is 6.72. The largest absolute Gasteiger partial charge is 0.494 e. The second-order valence-electron chi connectivity index (χ2n) is 2.64. The lowest BCUT2D eigenvalue weighted by Crippen LogP contribution is -1.91. The van der Waals surface area contributed by atoms with Crippen molar-refractivity contribution >= 4 is 38.4 Å². The summed E-state index contributed by atoms with van der Waals surface area (Å²) < 4.78 is 5.63. The fourth-order valence-corrected chi connectivity index (χ4v) is 1.92. The molecule has 5 heteroatoms. The van der Waals surface area contributed by atoms with Crippen molar-refractivity contribution in [2.45, 2.75) is 0 Å². The number of para-hydroxylation sites is 1. The Hall–Kier alpha value is -0.870. The van der Waals surface area contributed by atoms with Crippen LogP contribution in [0.5, 0.6) is 5.75 Å². The lowest BCUT2D eigenvalue weighted by atomic mass is 10.2. The van der Waals surface area contributed by atoms with Gasteiger partial charge in [-0.1, -0.05) is 17.7 Å². The molecule has 0 saturated heterocycles. The molecule has 0 aliphatic rings. The van der Waals surface area contributed by atoms with E-state index in [1.807, 2.05) is 18.2 Å². The zero-order valence-electron chi connectivity index (χ0n) is 7.29. The minimum Gasteiger partial charge on any atom is -0.494 e. The van der Waals surface area contributed by atoms with Crippen molar-refractivity contribution in [1.82, 2.24) is 9.97 Å². The quantitative estimate of drug-likeness (QED) is 0.592. The summed E-state index contributed by atoms with van der Waals surface area (Å²) in [5, 5.41) is 1.20. The predicted molar refractivity (Wildman–Crippen MR) is 58.8 cm³/mol. The van der Waals surface area contributed by atoms with Gasteiger partial charge in [0, 0.05) is 5.39 Å². The van der Waals surface area contributed by atoms with E-state index in [4.69, 9.17) is 16.3 Å². The topological polar surface area (TPSA) is 35.0 Å². The average molecular weight is 274 g/mol. The maximum atomic E-state index is 5.95. The van der Waals surface area contributed by atoms with Crippen LogP contribution in [-0.4, -0.2) is 17.1 Å².